The number of thiazole rings is 1. The second kappa shape index (κ2) is 6.21. The predicted molar refractivity (Wildman–Crippen MR) is 86.0 cm³/mol. The Morgan fingerprint density at radius 3 is 2.42 bits per heavy atom. The first-order chi connectivity index (χ1) is 11.4. The van der Waals surface area contributed by atoms with Gasteiger partial charge in [0.25, 0.3) is 0 Å². The zero-order chi connectivity index (χ0) is 17.4. The number of hydrogen-bond donors (Lipinski definition) is 0. The average Bonchev–Trinajstić information content (AvgIpc) is 2.95. The van der Waals surface area contributed by atoms with Crippen LogP contribution < -0.4 is 0 Å². The van der Waals surface area contributed by atoms with Crippen LogP contribution in [0.4, 0.5) is 13.2 Å². The molecule has 3 nitrogen and oxygen atoms in total. The third-order valence-electron chi connectivity index (χ3n) is 3.40. The normalized spacial score (nSPS) is 11.2. The summed E-state index contributed by atoms with van der Waals surface area (Å²) in [7, 11) is 0. The second-order valence-corrected chi connectivity index (χ2v) is 6.72. The molecule has 0 saturated heterocycles. The summed E-state index contributed by atoms with van der Waals surface area (Å²) in [6.45, 7) is 3.72. The van der Waals surface area contributed by atoms with E-state index in [4.69, 9.17) is 5.26 Å². The van der Waals surface area contributed by atoms with Crippen molar-refractivity contribution >= 4 is 21.6 Å². The van der Waals surface area contributed by atoms with Crippen molar-refractivity contribution in [1.82, 2.24) is 9.97 Å². The molecule has 0 radical (unpaired) electrons. The molecule has 0 fully saturated rings. The number of pyridine rings is 1. The van der Waals surface area contributed by atoms with Gasteiger partial charge in [-0.15, -0.1) is 11.3 Å². The van der Waals surface area contributed by atoms with Gasteiger partial charge in [0.1, 0.15) is 11.3 Å². The molecule has 0 N–H and O–H groups in total. The van der Waals surface area contributed by atoms with Crippen molar-refractivity contribution in [3.8, 4) is 17.3 Å². The van der Waals surface area contributed by atoms with Crippen molar-refractivity contribution in [3.05, 3.63) is 46.4 Å². The summed E-state index contributed by atoms with van der Waals surface area (Å²) < 4.78 is 40.2. The molecule has 0 unspecified atom stereocenters. The number of aromatic nitrogens is 2. The number of rotatable bonds is 2. The predicted octanol–water partition coefficient (Wildman–Crippen LogP) is 4.85. The van der Waals surface area contributed by atoms with E-state index in [1.165, 1.54) is 0 Å². The number of nitriles is 1. The SMILES string of the molecule is CC(C)C#N.Fc1cc(F)c2sc(Cc3cc4cnc3-4)nc2c1F. The van der Waals surface area contributed by atoms with Crippen LogP contribution in [0, 0.1) is 34.7 Å². The van der Waals surface area contributed by atoms with Crippen LogP contribution in [0.25, 0.3) is 21.5 Å². The van der Waals surface area contributed by atoms with Gasteiger partial charge in [-0.1, -0.05) is 0 Å². The molecule has 2 aliphatic rings. The van der Waals surface area contributed by atoms with E-state index in [-0.39, 0.29) is 16.1 Å². The summed E-state index contributed by atoms with van der Waals surface area (Å²) in [4.78, 5) is 8.06. The summed E-state index contributed by atoms with van der Waals surface area (Å²) in [6.07, 6.45) is 2.22. The quantitative estimate of drug-likeness (QED) is 0.487. The summed E-state index contributed by atoms with van der Waals surface area (Å²) in [5.74, 6) is -2.89. The largest absolute Gasteiger partial charge is 0.255 e. The van der Waals surface area contributed by atoms with Gasteiger partial charge in [-0.25, -0.2) is 18.2 Å². The van der Waals surface area contributed by atoms with Crippen LogP contribution in [0.5, 0.6) is 0 Å². The van der Waals surface area contributed by atoms with Crippen LogP contribution in [-0.4, -0.2) is 9.97 Å². The highest BCUT2D eigenvalue weighted by Gasteiger charge is 2.22. The second-order valence-electron chi connectivity index (χ2n) is 5.63. The molecule has 0 saturated carbocycles. The van der Waals surface area contributed by atoms with Gasteiger partial charge in [-0.05, 0) is 25.5 Å². The van der Waals surface area contributed by atoms with Gasteiger partial charge in [0, 0.05) is 30.2 Å². The summed E-state index contributed by atoms with van der Waals surface area (Å²) >= 11 is 1.04. The fraction of sp³-hybridized carbons (Fsp3) is 0.235. The number of nitrogens with zero attached hydrogens (tertiary/aromatic N) is 3. The van der Waals surface area contributed by atoms with E-state index in [0.29, 0.717) is 17.5 Å². The minimum atomic E-state index is -1.21. The molecule has 24 heavy (non-hydrogen) atoms. The van der Waals surface area contributed by atoms with Gasteiger partial charge in [0.2, 0.25) is 0 Å². The van der Waals surface area contributed by atoms with Gasteiger partial charge in [-0.3, -0.25) is 4.98 Å². The molecule has 1 aromatic heterocycles. The minimum Gasteiger partial charge on any atom is -0.255 e. The van der Waals surface area contributed by atoms with Crippen LogP contribution in [0.2, 0.25) is 0 Å². The van der Waals surface area contributed by atoms with Crippen LogP contribution >= 0.6 is 11.3 Å². The highest BCUT2D eigenvalue weighted by Crippen LogP contribution is 2.36. The van der Waals surface area contributed by atoms with E-state index < -0.39 is 17.5 Å². The molecule has 0 bridgehead atoms. The van der Waals surface area contributed by atoms with Gasteiger partial charge in [0.05, 0.1) is 21.5 Å². The van der Waals surface area contributed by atoms with Gasteiger partial charge >= 0.3 is 0 Å². The lowest BCUT2D eigenvalue weighted by molar-refractivity contribution is 0.504. The summed E-state index contributed by atoms with van der Waals surface area (Å²) in [5, 5.41) is 8.45. The van der Waals surface area contributed by atoms with E-state index >= 15 is 0 Å². The van der Waals surface area contributed by atoms with Crippen molar-refractivity contribution in [1.29, 1.82) is 5.26 Å². The van der Waals surface area contributed by atoms with Gasteiger partial charge in [-0.2, -0.15) is 5.26 Å². The lowest BCUT2D eigenvalue weighted by Crippen LogP contribution is -2.04. The topological polar surface area (TPSA) is 49.6 Å². The maximum atomic E-state index is 13.5. The van der Waals surface area contributed by atoms with Crippen LogP contribution in [0.1, 0.15) is 24.4 Å². The Bertz CT molecular complexity index is 973. The third kappa shape index (κ3) is 2.85. The van der Waals surface area contributed by atoms with E-state index in [9.17, 15) is 13.2 Å². The number of hydrogen-bond acceptors (Lipinski definition) is 4. The molecule has 7 heteroatoms. The zero-order valence-electron chi connectivity index (χ0n) is 12.9. The van der Waals surface area contributed by atoms with Gasteiger partial charge < -0.3 is 0 Å². The number of fused-ring (bicyclic) bond motifs is 2. The molecular weight excluding hydrogens is 335 g/mol. The molecule has 0 amide bonds. The fourth-order valence-corrected chi connectivity index (χ4v) is 3.15. The van der Waals surface area contributed by atoms with E-state index in [0.717, 1.165) is 28.2 Å². The van der Waals surface area contributed by atoms with E-state index in [1.54, 1.807) is 6.20 Å². The van der Waals surface area contributed by atoms with Crippen molar-refractivity contribution in [2.24, 2.45) is 5.92 Å². The highest BCUT2D eigenvalue weighted by atomic mass is 32.1. The summed E-state index contributed by atoms with van der Waals surface area (Å²) in [5.41, 5.74) is 2.80. The molecule has 2 aromatic rings. The Balaban J connectivity index is 0.000000300. The average molecular weight is 347 g/mol. The van der Waals surface area contributed by atoms with Crippen LogP contribution in [-0.2, 0) is 6.42 Å². The molecule has 1 aromatic carbocycles. The first-order valence-corrected chi connectivity index (χ1v) is 8.04. The first kappa shape index (κ1) is 16.4. The van der Waals surface area contributed by atoms with Crippen LogP contribution in [0.3, 0.4) is 0 Å². The smallest absolute Gasteiger partial charge is 0.186 e. The molecular formula is C17H12F3N3S. The minimum absolute atomic E-state index is 0.0557. The molecule has 0 atom stereocenters. The molecule has 1 aliphatic carbocycles. The van der Waals surface area contributed by atoms with Crippen molar-refractivity contribution in [3.63, 3.8) is 0 Å². The van der Waals surface area contributed by atoms with Crippen molar-refractivity contribution < 1.29 is 13.2 Å². The lowest BCUT2D eigenvalue weighted by Gasteiger charge is -2.18. The Labute approximate surface area is 140 Å². The van der Waals surface area contributed by atoms with Crippen LogP contribution in [0.15, 0.2) is 18.3 Å². The highest BCUT2D eigenvalue weighted by molar-refractivity contribution is 7.18. The number of benzene rings is 1. The van der Waals surface area contributed by atoms with Crippen molar-refractivity contribution in [2.75, 3.05) is 0 Å². The Morgan fingerprint density at radius 2 is 1.92 bits per heavy atom. The zero-order valence-corrected chi connectivity index (χ0v) is 13.7. The number of halogens is 3. The first-order valence-electron chi connectivity index (χ1n) is 7.22. The fourth-order valence-electron chi connectivity index (χ4n) is 2.16. The third-order valence-corrected chi connectivity index (χ3v) is 4.46. The summed E-state index contributed by atoms with van der Waals surface area (Å²) in [6, 6.07) is 4.54. The maximum absolute atomic E-state index is 13.5. The molecule has 122 valence electrons. The molecule has 0 spiro atoms. The monoisotopic (exact) mass is 347 g/mol. The molecule has 4 rings (SSSR count). The Kier molecular flexibility index (Phi) is 4.24. The standard InChI is InChI=1S/C13H5F3N2S.C4H7N/c14-7-3-8(15)13-12(10(7)16)18-9(19-13)2-5-1-6-4-17-11(5)6;1-4(2)3-5/h1,3-4H,2H2;4H,1-2H3. The van der Waals surface area contributed by atoms with Crippen molar-refractivity contribution in [2.45, 2.75) is 20.3 Å². The lowest BCUT2D eigenvalue weighted by atomic mass is 9.93. The van der Waals surface area contributed by atoms with E-state index in [2.05, 4.69) is 9.97 Å². The van der Waals surface area contributed by atoms with Gasteiger partial charge in [0.15, 0.2) is 11.6 Å². The Hall–Kier alpha value is -2.46. The Morgan fingerprint density at radius 1 is 1.21 bits per heavy atom. The molecule has 1 aliphatic heterocycles. The maximum Gasteiger partial charge on any atom is 0.186 e. The molecule has 2 heterocycles. The van der Waals surface area contributed by atoms with E-state index in [1.807, 2.05) is 26.0 Å².